The maximum atomic E-state index is 10.6. The molecule has 0 spiro atoms. The van der Waals surface area contributed by atoms with Crippen molar-refractivity contribution < 1.29 is 4.79 Å². The Morgan fingerprint density at radius 1 is 1.33 bits per heavy atom. The molecule has 2 aliphatic rings. The number of carbonyl (C=O) groups excluding carboxylic acids is 1. The Morgan fingerprint density at radius 3 is 2.58 bits per heavy atom. The fraction of sp³-hybridized carbons (Fsp3) is 0.889. The molecule has 2 fully saturated rings. The fourth-order valence-corrected chi connectivity index (χ4v) is 1.99. The van der Waals surface area contributed by atoms with Crippen molar-refractivity contribution in [1.82, 2.24) is 10.2 Å². The Bertz CT molecular complexity index is 167. The van der Waals surface area contributed by atoms with Gasteiger partial charge in [-0.15, -0.1) is 0 Å². The third kappa shape index (κ3) is 1.78. The lowest BCUT2D eigenvalue weighted by Gasteiger charge is -2.34. The Hall–Kier alpha value is -0.570. The van der Waals surface area contributed by atoms with Gasteiger partial charge in [-0.3, -0.25) is 4.79 Å². The summed E-state index contributed by atoms with van der Waals surface area (Å²) in [6, 6.07) is 0.454. The van der Waals surface area contributed by atoms with E-state index < -0.39 is 0 Å². The number of likely N-dealkylation sites (tertiary alicyclic amines) is 1. The highest BCUT2D eigenvalue weighted by Gasteiger charge is 2.27. The second-order valence-corrected chi connectivity index (χ2v) is 3.83. The summed E-state index contributed by atoms with van der Waals surface area (Å²) >= 11 is 0. The van der Waals surface area contributed by atoms with Crippen LogP contribution < -0.4 is 5.32 Å². The largest absolute Gasteiger partial charge is 0.351 e. The molecule has 1 N–H and O–H groups in total. The summed E-state index contributed by atoms with van der Waals surface area (Å²) in [6.45, 7) is 3.53. The summed E-state index contributed by atoms with van der Waals surface area (Å²) in [6.07, 6.45) is 4.80. The second kappa shape index (κ2) is 3.44. The molecule has 1 amide bonds. The molecule has 0 aromatic carbocycles. The standard InChI is InChI=1S/C9H16N2O/c12-9-6-8(10-9)7-11-4-2-1-3-5-11/h8H,1-7H2,(H,10,12). The van der Waals surface area contributed by atoms with Crippen LogP contribution in [0.3, 0.4) is 0 Å². The monoisotopic (exact) mass is 168 g/mol. The molecule has 2 heterocycles. The number of amides is 1. The van der Waals surface area contributed by atoms with Gasteiger partial charge in [0.05, 0.1) is 6.04 Å². The highest BCUT2D eigenvalue weighted by molar-refractivity contribution is 5.82. The number of hydrogen-bond acceptors (Lipinski definition) is 2. The van der Waals surface area contributed by atoms with Crippen LogP contribution in [-0.4, -0.2) is 36.5 Å². The lowest BCUT2D eigenvalue weighted by atomic mass is 10.0. The number of hydrogen-bond donors (Lipinski definition) is 1. The second-order valence-electron chi connectivity index (χ2n) is 3.83. The molecule has 1 unspecified atom stereocenters. The maximum absolute atomic E-state index is 10.6. The van der Waals surface area contributed by atoms with E-state index in [1.54, 1.807) is 0 Å². The fourth-order valence-electron chi connectivity index (χ4n) is 1.99. The van der Waals surface area contributed by atoms with Crippen LogP contribution in [0.15, 0.2) is 0 Å². The molecule has 2 saturated heterocycles. The van der Waals surface area contributed by atoms with Crippen LogP contribution in [0.4, 0.5) is 0 Å². The first-order valence-electron chi connectivity index (χ1n) is 4.86. The highest BCUT2D eigenvalue weighted by Crippen LogP contribution is 2.12. The minimum atomic E-state index is 0.219. The van der Waals surface area contributed by atoms with Gasteiger partial charge in [-0.25, -0.2) is 0 Å². The lowest BCUT2D eigenvalue weighted by molar-refractivity contribution is -0.128. The number of nitrogens with zero attached hydrogens (tertiary/aromatic N) is 1. The number of rotatable bonds is 2. The molecule has 0 saturated carbocycles. The van der Waals surface area contributed by atoms with Gasteiger partial charge in [-0.05, 0) is 25.9 Å². The Morgan fingerprint density at radius 2 is 2.00 bits per heavy atom. The van der Waals surface area contributed by atoms with Crippen molar-refractivity contribution in [2.45, 2.75) is 31.7 Å². The van der Waals surface area contributed by atoms with Gasteiger partial charge >= 0.3 is 0 Å². The van der Waals surface area contributed by atoms with E-state index in [1.165, 1.54) is 32.4 Å². The van der Waals surface area contributed by atoms with E-state index in [2.05, 4.69) is 10.2 Å². The van der Waals surface area contributed by atoms with E-state index in [-0.39, 0.29) is 5.91 Å². The number of β-lactam (4-membered cyclic amide) rings is 1. The third-order valence-corrected chi connectivity index (χ3v) is 2.72. The molecule has 3 nitrogen and oxygen atoms in total. The molecule has 68 valence electrons. The van der Waals surface area contributed by atoms with E-state index >= 15 is 0 Å². The van der Waals surface area contributed by atoms with Crippen LogP contribution in [0.5, 0.6) is 0 Å². The molecule has 0 bridgehead atoms. The molecule has 2 rings (SSSR count). The predicted octanol–water partition coefficient (Wildman–Crippen LogP) is 0.361. The summed E-state index contributed by atoms with van der Waals surface area (Å²) in [7, 11) is 0. The van der Waals surface area contributed by atoms with Gasteiger partial charge in [0.25, 0.3) is 0 Å². The quantitative estimate of drug-likeness (QED) is 0.604. The SMILES string of the molecule is O=C1CC(CN2CCCCC2)N1. The first kappa shape index (κ1) is 8.05. The molecular formula is C9H16N2O. The zero-order valence-electron chi connectivity index (χ0n) is 7.38. The molecule has 0 aromatic heterocycles. The van der Waals surface area contributed by atoms with Gasteiger partial charge in [-0.1, -0.05) is 6.42 Å². The van der Waals surface area contributed by atoms with E-state index in [0.29, 0.717) is 6.04 Å². The van der Waals surface area contributed by atoms with Crippen LogP contribution in [-0.2, 0) is 4.79 Å². The zero-order chi connectivity index (χ0) is 8.39. The maximum Gasteiger partial charge on any atom is 0.222 e. The van der Waals surface area contributed by atoms with Crippen molar-refractivity contribution in [3.8, 4) is 0 Å². The van der Waals surface area contributed by atoms with Crippen molar-refractivity contribution in [1.29, 1.82) is 0 Å². The van der Waals surface area contributed by atoms with E-state index in [4.69, 9.17) is 0 Å². The summed E-state index contributed by atoms with van der Waals surface area (Å²) in [5.41, 5.74) is 0. The third-order valence-electron chi connectivity index (χ3n) is 2.72. The summed E-state index contributed by atoms with van der Waals surface area (Å²) < 4.78 is 0. The Kier molecular flexibility index (Phi) is 2.30. The normalized spacial score (nSPS) is 31.0. The van der Waals surface area contributed by atoms with Gasteiger partial charge in [-0.2, -0.15) is 0 Å². The Labute approximate surface area is 73.1 Å². The van der Waals surface area contributed by atoms with Crippen molar-refractivity contribution >= 4 is 5.91 Å². The van der Waals surface area contributed by atoms with Gasteiger partial charge in [0.1, 0.15) is 0 Å². The van der Waals surface area contributed by atoms with E-state index in [1.807, 2.05) is 0 Å². The number of piperidine rings is 1. The van der Waals surface area contributed by atoms with Crippen molar-refractivity contribution in [3.05, 3.63) is 0 Å². The van der Waals surface area contributed by atoms with Crippen molar-refractivity contribution in [2.75, 3.05) is 19.6 Å². The van der Waals surface area contributed by atoms with E-state index in [0.717, 1.165) is 13.0 Å². The van der Waals surface area contributed by atoms with Crippen LogP contribution in [0, 0.1) is 0 Å². The van der Waals surface area contributed by atoms with Crippen molar-refractivity contribution in [2.24, 2.45) is 0 Å². The number of nitrogens with one attached hydrogen (secondary N) is 1. The molecule has 3 heteroatoms. The molecule has 0 aliphatic carbocycles. The summed E-state index contributed by atoms with van der Waals surface area (Å²) in [5.74, 6) is 0.219. The predicted molar refractivity (Wildman–Crippen MR) is 46.8 cm³/mol. The molecule has 12 heavy (non-hydrogen) atoms. The van der Waals surface area contributed by atoms with E-state index in [9.17, 15) is 4.79 Å². The average Bonchev–Trinajstić information content (AvgIpc) is 2.04. The molecule has 1 atom stereocenters. The minimum Gasteiger partial charge on any atom is -0.351 e. The minimum absolute atomic E-state index is 0.219. The first-order chi connectivity index (χ1) is 5.84. The molecule has 0 aromatic rings. The topological polar surface area (TPSA) is 32.3 Å². The molecule has 2 aliphatic heterocycles. The van der Waals surface area contributed by atoms with Crippen LogP contribution in [0.2, 0.25) is 0 Å². The van der Waals surface area contributed by atoms with Gasteiger partial charge in [0, 0.05) is 13.0 Å². The first-order valence-corrected chi connectivity index (χ1v) is 4.86. The highest BCUT2D eigenvalue weighted by atomic mass is 16.2. The average molecular weight is 168 g/mol. The lowest BCUT2D eigenvalue weighted by Crippen LogP contribution is -2.54. The Balaban J connectivity index is 1.68. The summed E-state index contributed by atoms with van der Waals surface area (Å²) in [4.78, 5) is 13.1. The van der Waals surface area contributed by atoms with Gasteiger partial charge in [0.2, 0.25) is 5.91 Å². The van der Waals surface area contributed by atoms with Crippen LogP contribution in [0.25, 0.3) is 0 Å². The summed E-state index contributed by atoms with van der Waals surface area (Å²) in [5, 5.41) is 2.91. The van der Waals surface area contributed by atoms with Crippen LogP contribution >= 0.6 is 0 Å². The molecular weight excluding hydrogens is 152 g/mol. The smallest absolute Gasteiger partial charge is 0.222 e. The van der Waals surface area contributed by atoms with Crippen molar-refractivity contribution in [3.63, 3.8) is 0 Å². The van der Waals surface area contributed by atoms with Gasteiger partial charge < -0.3 is 10.2 Å². The number of carbonyl (C=O) groups is 1. The zero-order valence-corrected chi connectivity index (χ0v) is 7.38. The van der Waals surface area contributed by atoms with Crippen LogP contribution in [0.1, 0.15) is 25.7 Å². The van der Waals surface area contributed by atoms with Gasteiger partial charge in [0.15, 0.2) is 0 Å². The molecule has 0 radical (unpaired) electrons.